The van der Waals surface area contributed by atoms with Gasteiger partial charge < -0.3 is 10.2 Å². The fourth-order valence-electron chi connectivity index (χ4n) is 5.61. The summed E-state index contributed by atoms with van der Waals surface area (Å²) in [6.45, 7) is 10.9. The topological polar surface area (TPSA) is 27.6 Å². The molecule has 4 rings (SSSR count). The number of likely N-dealkylation sites (tertiary alicyclic amines) is 1. The van der Waals surface area contributed by atoms with Gasteiger partial charge in [0.1, 0.15) is 0 Å². The minimum atomic E-state index is 0.619. The van der Waals surface area contributed by atoms with E-state index in [4.69, 9.17) is 0 Å². The number of fused-ring (bicyclic) bond motifs is 1. The molecule has 4 aliphatic rings. The van der Waals surface area contributed by atoms with Gasteiger partial charge in [0.2, 0.25) is 0 Å². The molecule has 1 spiro atoms. The van der Waals surface area contributed by atoms with Gasteiger partial charge in [-0.15, -0.1) is 0 Å². The second-order valence-corrected chi connectivity index (χ2v) is 9.36. The highest BCUT2D eigenvalue weighted by Gasteiger charge is 2.54. The second-order valence-electron chi connectivity index (χ2n) is 9.36. The summed E-state index contributed by atoms with van der Waals surface area (Å²) in [6.07, 6.45) is 17.3. The molecule has 0 aromatic heterocycles. The van der Waals surface area contributed by atoms with Gasteiger partial charge in [-0.25, -0.2) is 0 Å². The maximum absolute atomic E-state index is 4.41. The maximum Gasteiger partial charge on any atom is 0.0941 e. The van der Waals surface area contributed by atoms with E-state index in [0.29, 0.717) is 11.3 Å². The highest BCUT2D eigenvalue weighted by Crippen LogP contribution is 2.62. The lowest BCUT2D eigenvalue weighted by Crippen LogP contribution is -2.32. The van der Waals surface area contributed by atoms with Crippen molar-refractivity contribution in [2.24, 2.45) is 28.2 Å². The van der Waals surface area contributed by atoms with Crippen molar-refractivity contribution in [3.8, 4) is 0 Å². The zero-order chi connectivity index (χ0) is 18.0. The molecular formula is C23H37N3. The van der Waals surface area contributed by atoms with E-state index in [1.807, 2.05) is 6.21 Å². The minimum absolute atomic E-state index is 0.619. The van der Waals surface area contributed by atoms with Crippen LogP contribution in [0, 0.1) is 23.2 Å². The van der Waals surface area contributed by atoms with Gasteiger partial charge in [-0.1, -0.05) is 39.2 Å². The van der Waals surface area contributed by atoms with E-state index in [1.165, 1.54) is 63.4 Å². The van der Waals surface area contributed by atoms with Gasteiger partial charge in [-0.05, 0) is 61.0 Å². The molecular weight excluding hydrogens is 318 g/mol. The molecule has 1 N–H and O–H groups in total. The molecule has 3 heteroatoms. The van der Waals surface area contributed by atoms with Crippen LogP contribution in [0.15, 0.2) is 29.0 Å². The lowest BCUT2D eigenvalue weighted by atomic mass is 9.76. The van der Waals surface area contributed by atoms with E-state index >= 15 is 0 Å². The molecule has 0 bridgehead atoms. The lowest BCUT2D eigenvalue weighted by Gasteiger charge is -2.30. The summed E-state index contributed by atoms with van der Waals surface area (Å²) in [4.78, 5) is 6.83. The number of nitrogens with one attached hydrogen (secondary N) is 1. The van der Waals surface area contributed by atoms with Crippen LogP contribution in [-0.2, 0) is 0 Å². The maximum atomic E-state index is 4.41. The lowest BCUT2D eigenvalue weighted by molar-refractivity contribution is 0.224. The molecule has 2 saturated carbocycles. The number of dihydropyridines is 1. The summed E-state index contributed by atoms with van der Waals surface area (Å²) in [6, 6.07) is 0. The third kappa shape index (κ3) is 3.87. The van der Waals surface area contributed by atoms with Crippen LogP contribution in [0.4, 0.5) is 0 Å². The number of hydrogen-bond acceptors (Lipinski definition) is 3. The minimum Gasteiger partial charge on any atom is -0.372 e. The Morgan fingerprint density at radius 2 is 2.19 bits per heavy atom. The van der Waals surface area contributed by atoms with Gasteiger partial charge in [0, 0.05) is 38.3 Å². The van der Waals surface area contributed by atoms with Crippen LogP contribution >= 0.6 is 0 Å². The predicted molar refractivity (Wildman–Crippen MR) is 110 cm³/mol. The zero-order valence-corrected chi connectivity index (χ0v) is 16.7. The molecule has 3 fully saturated rings. The number of unbranched alkanes of at least 4 members (excludes halogenated alkanes) is 2. The van der Waals surface area contributed by atoms with Crippen LogP contribution in [0.5, 0.6) is 0 Å². The van der Waals surface area contributed by atoms with E-state index < -0.39 is 0 Å². The van der Waals surface area contributed by atoms with Crippen LogP contribution in [0.2, 0.25) is 0 Å². The Morgan fingerprint density at radius 1 is 1.35 bits per heavy atom. The first-order chi connectivity index (χ1) is 12.7. The van der Waals surface area contributed by atoms with E-state index in [-0.39, 0.29) is 0 Å². The molecule has 3 nitrogen and oxygen atoms in total. The molecule has 144 valence electrons. The van der Waals surface area contributed by atoms with Crippen molar-refractivity contribution in [3.63, 3.8) is 0 Å². The Hall–Kier alpha value is -1.25. The summed E-state index contributed by atoms with van der Waals surface area (Å²) in [5.74, 6) is 3.67. The molecule has 2 aliphatic carbocycles. The van der Waals surface area contributed by atoms with Gasteiger partial charge in [0.25, 0.3) is 0 Å². The Kier molecular flexibility index (Phi) is 5.42. The van der Waals surface area contributed by atoms with Crippen molar-refractivity contribution in [2.75, 3.05) is 26.2 Å². The Labute approximate surface area is 160 Å². The van der Waals surface area contributed by atoms with Crippen molar-refractivity contribution < 1.29 is 0 Å². The zero-order valence-electron chi connectivity index (χ0n) is 16.7. The molecule has 2 aliphatic heterocycles. The number of hydrogen-bond donors (Lipinski definition) is 1. The first-order valence-corrected chi connectivity index (χ1v) is 11.1. The molecule has 0 aromatic carbocycles. The molecule has 26 heavy (non-hydrogen) atoms. The van der Waals surface area contributed by atoms with Crippen LogP contribution in [0.25, 0.3) is 0 Å². The first kappa shape index (κ1) is 18.1. The third-order valence-corrected chi connectivity index (χ3v) is 7.67. The van der Waals surface area contributed by atoms with Crippen molar-refractivity contribution in [3.05, 3.63) is 24.0 Å². The van der Waals surface area contributed by atoms with Crippen LogP contribution in [0.3, 0.4) is 0 Å². The van der Waals surface area contributed by atoms with E-state index in [2.05, 4.69) is 34.8 Å². The standard InChI is InChI=1S/C23H37N3/c1-3-4-5-6-19-7-10-23(11-8-19)13-22(23)15-25-18(2)26-16-20-9-12-24-14-21(20)17-26/h9,12,19,21-22,25H,2-8,10-11,13-17H2,1H3. The average Bonchev–Trinajstić information content (AvgIpc) is 3.13. The van der Waals surface area contributed by atoms with E-state index in [9.17, 15) is 0 Å². The molecule has 2 atom stereocenters. The number of nitrogens with zero attached hydrogens (tertiary/aromatic N) is 2. The van der Waals surface area contributed by atoms with Gasteiger partial charge >= 0.3 is 0 Å². The Bertz CT molecular complexity index is 568. The normalized spacial score (nSPS) is 35.3. The fourth-order valence-corrected chi connectivity index (χ4v) is 5.61. The summed E-state index contributed by atoms with van der Waals surface area (Å²) >= 11 is 0. The van der Waals surface area contributed by atoms with Crippen molar-refractivity contribution in [1.82, 2.24) is 10.2 Å². The first-order valence-electron chi connectivity index (χ1n) is 11.1. The fraction of sp³-hybridized carbons (Fsp3) is 0.783. The van der Waals surface area contributed by atoms with Crippen LogP contribution in [-0.4, -0.2) is 37.3 Å². The van der Waals surface area contributed by atoms with Gasteiger partial charge in [-0.3, -0.25) is 4.99 Å². The molecule has 2 unspecified atom stereocenters. The van der Waals surface area contributed by atoms with Crippen LogP contribution in [0.1, 0.15) is 64.7 Å². The highest BCUT2D eigenvalue weighted by molar-refractivity contribution is 5.73. The van der Waals surface area contributed by atoms with E-state index in [0.717, 1.165) is 43.8 Å². The number of allylic oxidation sites excluding steroid dienone is 1. The monoisotopic (exact) mass is 355 g/mol. The molecule has 0 aromatic rings. The van der Waals surface area contributed by atoms with Crippen molar-refractivity contribution in [1.29, 1.82) is 0 Å². The summed E-state index contributed by atoms with van der Waals surface area (Å²) < 4.78 is 0. The Balaban J connectivity index is 1.16. The number of aliphatic imine (C=N–C) groups is 1. The Morgan fingerprint density at radius 3 is 2.96 bits per heavy atom. The van der Waals surface area contributed by atoms with Gasteiger partial charge in [0.15, 0.2) is 0 Å². The van der Waals surface area contributed by atoms with Gasteiger partial charge in [0.05, 0.1) is 5.82 Å². The van der Waals surface area contributed by atoms with Crippen molar-refractivity contribution >= 4 is 6.21 Å². The molecule has 2 heterocycles. The summed E-state index contributed by atoms with van der Waals surface area (Å²) in [5.41, 5.74) is 2.23. The largest absolute Gasteiger partial charge is 0.372 e. The molecule has 0 radical (unpaired) electrons. The van der Waals surface area contributed by atoms with Crippen molar-refractivity contribution in [2.45, 2.75) is 64.7 Å². The predicted octanol–water partition coefficient (Wildman–Crippen LogP) is 4.77. The number of rotatable bonds is 8. The molecule has 1 saturated heterocycles. The summed E-state index contributed by atoms with van der Waals surface area (Å²) in [5, 5.41) is 3.68. The molecule has 0 amide bonds. The SMILES string of the molecule is C=C(NCC1CC12CCC(CCCCC)CC2)N1CC2=CC=NCC2C1. The second kappa shape index (κ2) is 7.78. The third-order valence-electron chi connectivity index (χ3n) is 7.67. The van der Waals surface area contributed by atoms with E-state index in [1.54, 1.807) is 0 Å². The van der Waals surface area contributed by atoms with Gasteiger partial charge in [-0.2, -0.15) is 0 Å². The van der Waals surface area contributed by atoms with Crippen LogP contribution < -0.4 is 5.32 Å². The highest BCUT2D eigenvalue weighted by atomic mass is 15.3. The smallest absolute Gasteiger partial charge is 0.0941 e. The summed E-state index contributed by atoms with van der Waals surface area (Å²) in [7, 11) is 0. The average molecular weight is 356 g/mol. The quantitative estimate of drug-likeness (QED) is 0.635.